The number of non-ortho nitro benzene ring substituents is 1. The van der Waals surface area contributed by atoms with E-state index < -0.39 is 28.8 Å². The third-order valence-corrected chi connectivity index (χ3v) is 12.5. The molecule has 1 saturated carbocycles. The zero-order valence-electron chi connectivity index (χ0n) is 33.8. The van der Waals surface area contributed by atoms with Gasteiger partial charge in [0.15, 0.2) is 0 Å². The van der Waals surface area contributed by atoms with Gasteiger partial charge in [-0.05, 0) is 91.1 Å². The monoisotopic (exact) mass is 829 g/mol. The molecular formula is C45H55N3O10S. The molecule has 13 nitrogen and oxygen atoms in total. The van der Waals surface area contributed by atoms with Gasteiger partial charge in [0, 0.05) is 60.9 Å². The summed E-state index contributed by atoms with van der Waals surface area (Å²) in [6, 6.07) is 21.5. The minimum atomic E-state index is -1.40. The summed E-state index contributed by atoms with van der Waals surface area (Å²) in [5, 5.41) is 35.7. The van der Waals surface area contributed by atoms with Crippen molar-refractivity contribution >= 4 is 29.3 Å². The number of allylic oxidation sites excluding steroid dienone is 1. The summed E-state index contributed by atoms with van der Waals surface area (Å²) in [5.41, 5.74) is 3.15. The Morgan fingerprint density at radius 1 is 1.07 bits per heavy atom. The first-order valence-electron chi connectivity index (χ1n) is 20.3. The molecule has 316 valence electrons. The van der Waals surface area contributed by atoms with E-state index in [-0.39, 0.29) is 56.3 Å². The molecule has 0 spiro atoms. The van der Waals surface area contributed by atoms with Crippen molar-refractivity contribution in [3.8, 4) is 11.5 Å². The van der Waals surface area contributed by atoms with Crippen LogP contribution >= 0.6 is 11.8 Å². The molecule has 6 rings (SSSR count). The van der Waals surface area contributed by atoms with Crippen LogP contribution in [0.3, 0.4) is 0 Å². The molecule has 1 heterocycles. The zero-order chi connectivity index (χ0) is 41.8. The van der Waals surface area contributed by atoms with E-state index in [1.54, 1.807) is 37.0 Å². The fraction of sp³-hybridized carbons (Fsp3) is 0.467. The molecular weight excluding hydrogens is 775 g/mol. The number of carbonyl (C=O) groups excluding carboxylic acids is 1. The van der Waals surface area contributed by atoms with E-state index >= 15 is 0 Å². The predicted molar refractivity (Wildman–Crippen MR) is 226 cm³/mol. The highest BCUT2D eigenvalue weighted by Crippen LogP contribution is 2.61. The summed E-state index contributed by atoms with van der Waals surface area (Å²) in [6.45, 7) is 4.81. The molecule has 0 bridgehead atoms. The number of fused-ring (bicyclic) bond motifs is 2. The van der Waals surface area contributed by atoms with Crippen LogP contribution in [-0.2, 0) is 20.9 Å². The van der Waals surface area contributed by atoms with Crippen LogP contribution in [0.4, 0.5) is 10.5 Å². The fourth-order valence-electron chi connectivity index (χ4n) is 8.82. The average Bonchev–Trinajstić information content (AvgIpc) is 3.25. The molecule has 6 atom stereocenters. The number of aliphatic hydroxyl groups excluding tert-OH is 2. The van der Waals surface area contributed by atoms with Crippen LogP contribution in [0.5, 0.6) is 11.5 Å². The Morgan fingerprint density at radius 3 is 2.51 bits per heavy atom. The predicted octanol–water partition coefficient (Wildman–Crippen LogP) is 8.30. The molecule has 1 amide bonds. The van der Waals surface area contributed by atoms with Gasteiger partial charge in [0.05, 0.1) is 36.9 Å². The van der Waals surface area contributed by atoms with Crippen LogP contribution < -0.4 is 9.47 Å². The maximum absolute atomic E-state index is 13.4. The Hall–Kier alpha value is -4.89. The quantitative estimate of drug-likeness (QED) is 0.0349. The molecule has 2 aliphatic carbocycles. The summed E-state index contributed by atoms with van der Waals surface area (Å²) in [6.07, 6.45) is 8.07. The lowest BCUT2D eigenvalue weighted by molar-refractivity contribution is -0.384. The van der Waals surface area contributed by atoms with Crippen LogP contribution in [0, 0.1) is 27.9 Å². The number of likely N-dealkylation sites (N-methyl/N-ethyl adjacent to an activating group) is 1. The molecule has 2 N–H and O–H groups in total. The first-order valence-corrected chi connectivity index (χ1v) is 21.3. The number of nitro groups is 1. The third kappa shape index (κ3) is 10.1. The van der Waals surface area contributed by atoms with Crippen molar-refractivity contribution in [3.05, 3.63) is 118 Å². The lowest BCUT2D eigenvalue weighted by atomic mass is 9.55. The molecule has 1 aliphatic heterocycles. The minimum absolute atomic E-state index is 0.0201. The lowest BCUT2D eigenvalue weighted by Crippen LogP contribution is -2.69. The van der Waals surface area contributed by atoms with E-state index in [0.717, 1.165) is 42.6 Å². The van der Waals surface area contributed by atoms with Gasteiger partial charge in [-0.1, -0.05) is 48.3 Å². The summed E-state index contributed by atoms with van der Waals surface area (Å²) in [5.74, 6) is 0.101. The van der Waals surface area contributed by atoms with Crippen molar-refractivity contribution in [2.24, 2.45) is 22.9 Å². The smallest absolute Gasteiger partial charge is 0.409 e. The lowest BCUT2D eigenvalue weighted by Gasteiger charge is -2.59. The van der Waals surface area contributed by atoms with Gasteiger partial charge in [-0.2, -0.15) is 0 Å². The number of ether oxygens (including phenoxy) is 4. The number of nitro benzene ring substituents is 1. The molecule has 3 aromatic rings. The molecule has 3 aromatic carbocycles. The van der Waals surface area contributed by atoms with Crippen LogP contribution in [0.2, 0.25) is 0 Å². The van der Waals surface area contributed by atoms with Crippen LogP contribution in [0.1, 0.15) is 62.0 Å². The highest BCUT2D eigenvalue weighted by molar-refractivity contribution is 7.99. The van der Waals surface area contributed by atoms with Crippen molar-refractivity contribution in [1.29, 1.82) is 0 Å². The number of carbonyl (C=O) groups is 1. The van der Waals surface area contributed by atoms with E-state index in [4.69, 9.17) is 28.9 Å². The van der Waals surface area contributed by atoms with E-state index in [0.29, 0.717) is 42.2 Å². The number of benzene rings is 3. The van der Waals surface area contributed by atoms with Gasteiger partial charge < -0.3 is 38.9 Å². The number of thioether (sulfide) groups is 1. The normalized spacial score (nSPS) is 23.6. The second-order valence-corrected chi connectivity index (χ2v) is 16.2. The van der Waals surface area contributed by atoms with Crippen molar-refractivity contribution in [1.82, 2.24) is 4.90 Å². The number of aliphatic hydroxyl groups is 2. The van der Waals surface area contributed by atoms with E-state index in [1.165, 1.54) is 29.0 Å². The van der Waals surface area contributed by atoms with Crippen molar-refractivity contribution in [2.75, 3.05) is 46.3 Å². The van der Waals surface area contributed by atoms with Crippen LogP contribution in [0.15, 0.2) is 107 Å². The summed E-state index contributed by atoms with van der Waals surface area (Å²) < 4.78 is 25.7. The standard InChI is InChI=1S/C45H55N3O10S/c1-4-24-56-45-41(47(2)44(51)54-3)29-39(46-57-30-31-16-18-33(19-17-31)48(52)53)37-27-32(12-8-10-22-49)36(15-9-11-23-50)42(43(37)45)38-28-34(20-21-40(38)58-45)55-25-26-59-35-13-6-5-7-14-35/h4-7,13-14,16-21,27-28,32,36,41-43,49-50H,1,8-12,15,22-26,29-30H2,2-3H3/t32-,36+,41-,42+,43+,45+/m0/s1. The molecule has 0 radical (unpaired) electrons. The first-order chi connectivity index (χ1) is 28.7. The van der Waals surface area contributed by atoms with E-state index in [2.05, 4.69) is 30.9 Å². The minimum Gasteiger partial charge on any atom is -0.493 e. The van der Waals surface area contributed by atoms with Gasteiger partial charge in [0.2, 0.25) is 5.79 Å². The molecule has 59 heavy (non-hydrogen) atoms. The van der Waals surface area contributed by atoms with Crippen molar-refractivity contribution < 1.29 is 43.7 Å². The number of hydrogen-bond donors (Lipinski definition) is 2. The molecule has 0 unspecified atom stereocenters. The maximum Gasteiger partial charge on any atom is 0.409 e. The second kappa shape index (κ2) is 20.9. The van der Waals surface area contributed by atoms with Crippen LogP contribution in [0.25, 0.3) is 0 Å². The Bertz CT molecular complexity index is 1940. The second-order valence-electron chi connectivity index (χ2n) is 15.1. The first kappa shape index (κ1) is 43.7. The largest absolute Gasteiger partial charge is 0.493 e. The van der Waals surface area contributed by atoms with Gasteiger partial charge in [-0.3, -0.25) is 10.1 Å². The summed E-state index contributed by atoms with van der Waals surface area (Å²) >= 11 is 1.73. The molecule has 0 saturated heterocycles. The number of nitrogens with zero attached hydrogens (tertiary/aromatic N) is 3. The number of amides is 1. The average molecular weight is 830 g/mol. The maximum atomic E-state index is 13.4. The summed E-state index contributed by atoms with van der Waals surface area (Å²) in [4.78, 5) is 33.0. The molecule has 0 aromatic heterocycles. The Morgan fingerprint density at radius 2 is 1.81 bits per heavy atom. The molecule has 3 aliphatic rings. The number of methoxy groups -OCH3 is 1. The highest BCUT2D eigenvalue weighted by atomic mass is 32.2. The topological polar surface area (TPSA) is 162 Å². The van der Waals surface area contributed by atoms with E-state index in [9.17, 15) is 25.1 Å². The SMILES string of the molecule is C=CCO[C@@]12Oc3ccc(OCCSc4ccccc4)cc3[C@H]3[C@H](CCCCO)[C@@H](CCCCO)C=C(C(=NOCc4ccc([N+](=O)[O-])cc4)C[C@@H]1N(C)C(=O)OC)[C@H]32. The van der Waals surface area contributed by atoms with Gasteiger partial charge in [-0.25, -0.2) is 4.79 Å². The Kier molecular flexibility index (Phi) is 15.5. The van der Waals surface area contributed by atoms with Crippen molar-refractivity contribution in [2.45, 2.75) is 74.2 Å². The van der Waals surface area contributed by atoms with Crippen molar-refractivity contribution in [3.63, 3.8) is 0 Å². The number of hydrogen-bond acceptors (Lipinski definition) is 12. The Labute approximate surface area is 350 Å². The van der Waals surface area contributed by atoms with Crippen LogP contribution in [-0.4, -0.2) is 90.0 Å². The number of unbranched alkanes of at least 4 members (excludes halogenated alkanes) is 2. The molecule has 1 fully saturated rings. The number of rotatable bonds is 21. The summed E-state index contributed by atoms with van der Waals surface area (Å²) in [7, 11) is 3.00. The highest BCUT2D eigenvalue weighted by Gasteiger charge is 2.65. The Balaban J connectivity index is 1.46. The zero-order valence-corrected chi connectivity index (χ0v) is 34.6. The fourth-order valence-corrected chi connectivity index (χ4v) is 9.58. The number of oxime groups is 1. The van der Waals surface area contributed by atoms with Gasteiger partial charge in [0.25, 0.3) is 5.69 Å². The molecule has 14 heteroatoms. The van der Waals surface area contributed by atoms with Gasteiger partial charge >= 0.3 is 6.09 Å². The van der Waals surface area contributed by atoms with Gasteiger partial charge in [0.1, 0.15) is 24.1 Å². The van der Waals surface area contributed by atoms with E-state index in [1.807, 2.05) is 30.3 Å². The third-order valence-electron chi connectivity index (χ3n) is 11.5. The van der Waals surface area contributed by atoms with Gasteiger partial charge in [-0.15, -0.1) is 18.3 Å².